The van der Waals surface area contributed by atoms with Gasteiger partial charge in [-0.05, 0) is 17.9 Å². The third-order valence-electron chi connectivity index (χ3n) is 1.76. The normalized spacial score (nSPS) is 13.5. The van der Waals surface area contributed by atoms with Crippen molar-refractivity contribution in [3.63, 3.8) is 0 Å². The molecule has 1 rings (SSSR count). The summed E-state index contributed by atoms with van der Waals surface area (Å²) in [6, 6.07) is 3.73. The summed E-state index contributed by atoms with van der Waals surface area (Å²) in [5, 5.41) is 11.3. The topological polar surface area (TPSA) is 93.5 Å². The van der Waals surface area contributed by atoms with Crippen molar-refractivity contribution in [3.8, 4) is 0 Å². The molecule has 0 aliphatic heterocycles. The fraction of sp³-hybridized carbons (Fsp3) is 0.375. The second-order valence-electron chi connectivity index (χ2n) is 2.82. The Bertz CT molecular complexity index is 350. The summed E-state index contributed by atoms with van der Waals surface area (Å²) in [6.45, 7) is 1.95. The number of guanidine groups is 1. The maximum absolute atomic E-state index is 10.1. The second kappa shape index (κ2) is 5.30. The Morgan fingerprint density at radius 2 is 2.60 bits per heavy atom. The molecule has 1 unspecified atom stereocenters. The maximum Gasteiger partial charge on any atom is 0.252 e. The molecule has 1 atom stereocenters. The second-order valence-corrected chi connectivity index (χ2v) is 3.80. The Morgan fingerprint density at radius 1 is 1.87 bits per heavy atom. The van der Waals surface area contributed by atoms with Gasteiger partial charge in [-0.1, -0.05) is 18.4 Å². The van der Waals surface area contributed by atoms with Crippen molar-refractivity contribution in [1.82, 2.24) is 5.43 Å². The van der Waals surface area contributed by atoms with E-state index in [1.165, 1.54) is 0 Å². The summed E-state index contributed by atoms with van der Waals surface area (Å²) in [6.07, 6.45) is 0.751. The van der Waals surface area contributed by atoms with Gasteiger partial charge in [0.05, 0.1) is 6.04 Å². The molecule has 1 heterocycles. The van der Waals surface area contributed by atoms with Crippen molar-refractivity contribution in [2.24, 2.45) is 10.7 Å². The highest BCUT2D eigenvalue weighted by atomic mass is 32.1. The average molecular weight is 228 g/mol. The summed E-state index contributed by atoms with van der Waals surface area (Å²) in [5.41, 5.74) is 7.18. The monoisotopic (exact) mass is 228 g/mol. The highest BCUT2D eigenvalue weighted by molar-refractivity contribution is 7.10. The molecule has 0 fully saturated rings. The van der Waals surface area contributed by atoms with Crippen LogP contribution < -0.4 is 11.2 Å². The molecular formula is C8H12N4O2S. The number of aliphatic imine (C=N–C) groups is 1. The SMILES string of the molecule is CCC(N=C(N)N[N+](=O)[O-])c1cccs1. The molecule has 0 aliphatic carbocycles. The fourth-order valence-corrected chi connectivity index (χ4v) is 1.98. The minimum atomic E-state index is -0.722. The number of rotatable bonds is 4. The van der Waals surface area contributed by atoms with Crippen LogP contribution in [0.15, 0.2) is 22.5 Å². The largest absolute Gasteiger partial charge is 0.365 e. The van der Waals surface area contributed by atoms with Gasteiger partial charge in [0.2, 0.25) is 0 Å². The highest BCUT2D eigenvalue weighted by Gasteiger charge is 2.10. The summed E-state index contributed by atoms with van der Waals surface area (Å²) >= 11 is 1.56. The third kappa shape index (κ3) is 3.55. The van der Waals surface area contributed by atoms with Gasteiger partial charge in [0.15, 0.2) is 5.03 Å². The van der Waals surface area contributed by atoms with Crippen LogP contribution in [-0.2, 0) is 0 Å². The predicted molar refractivity (Wildman–Crippen MR) is 59.1 cm³/mol. The number of nitrogens with zero attached hydrogens (tertiary/aromatic N) is 2. The molecule has 7 heteroatoms. The zero-order valence-corrected chi connectivity index (χ0v) is 9.03. The Morgan fingerprint density at radius 3 is 3.07 bits per heavy atom. The van der Waals surface area contributed by atoms with Crippen LogP contribution in [0.4, 0.5) is 0 Å². The van der Waals surface area contributed by atoms with Crippen LogP contribution in [0, 0.1) is 10.1 Å². The lowest BCUT2D eigenvalue weighted by atomic mass is 10.2. The zero-order valence-electron chi connectivity index (χ0n) is 8.21. The molecule has 0 spiro atoms. The van der Waals surface area contributed by atoms with E-state index in [0.29, 0.717) is 0 Å². The number of nitro groups is 1. The molecule has 1 aromatic heterocycles. The molecule has 0 aliphatic rings. The first-order valence-electron chi connectivity index (χ1n) is 4.41. The molecule has 6 nitrogen and oxygen atoms in total. The van der Waals surface area contributed by atoms with E-state index in [2.05, 4.69) is 4.99 Å². The first-order valence-corrected chi connectivity index (χ1v) is 5.29. The lowest BCUT2D eigenvalue weighted by Gasteiger charge is -2.07. The Balaban J connectivity index is 2.72. The van der Waals surface area contributed by atoms with Crippen LogP contribution in [0.1, 0.15) is 24.3 Å². The first-order chi connectivity index (χ1) is 7.13. The van der Waals surface area contributed by atoms with Crippen molar-refractivity contribution in [1.29, 1.82) is 0 Å². The molecule has 15 heavy (non-hydrogen) atoms. The van der Waals surface area contributed by atoms with Gasteiger partial charge in [-0.2, -0.15) is 0 Å². The Kier molecular flexibility index (Phi) is 4.04. The number of hydrazine groups is 1. The minimum absolute atomic E-state index is 0.113. The Labute approximate surface area is 90.9 Å². The minimum Gasteiger partial charge on any atom is -0.365 e. The summed E-state index contributed by atoms with van der Waals surface area (Å²) in [7, 11) is 0. The number of thiophene rings is 1. The molecule has 82 valence electrons. The van der Waals surface area contributed by atoms with Crippen molar-refractivity contribution in [2.75, 3.05) is 0 Å². The van der Waals surface area contributed by atoms with E-state index >= 15 is 0 Å². The van der Waals surface area contributed by atoms with E-state index in [4.69, 9.17) is 5.73 Å². The zero-order chi connectivity index (χ0) is 11.3. The number of nitrogens with two attached hydrogens (primary N) is 1. The lowest BCUT2D eigenvalue weighted by Crippen LogP contribution is -2.36. The van der Waals surface area contributed by atoms with E-state index in [9.17, 15) is 10.1 Å². The van der Waals surface area contributed by atoms with Gasteiger partial charge < -0.3 is 5.73 Å². The van der Waals surface area contributed by atoms with Crippen LogP contribution in [0.2, 0.25) is 0 Å². The molecular weight excluding hydrogens is 216 g/mol. The standard InChI is InChI=1S/C8H12N4O2S/c1-2-6(7-4-3-5-15-7)10-8(9)11-12(13)14/h3-6H,2H2,1H3,(H3,9,10,11). The van der Waals surface area contributed by atoms with Gasteiger partial charge in [-0.3, -0.25) is 0 Å². The summed E-state index contributed by atoms with van der Waals surface area (Å²) in [5.74, 6) is -0.166. The van der Waals surface area contributed by atoms with E-state index in [-0.39, 0.29) is 12.0 Å². The van der Waals surface area contributed by atoms with Crippen LogP contribution in [0.5, 0.6) is 0 Å². The molecule has 0 amide bonds. The Hall–Kier alpha value is -1.63. The lowest BCUT2D eigenvalue weighted by molar-refractivity contribution is -0.525. The third-order valence-corrected chi connectivity index (χ3v) is 2.73. The fourth-order valence-electron chi connectivity index (χ4n) is 1.13. The molecule has 0 aromatic carbocycles. The van der Waals surface area contributed by atoms with Crippen LogP contribution >= 0.6 is 11.3 Å². The highest BCUT2D eigenvalue weighted by Crippen LogP contribution is 2.24. The number of nitrogens with one attached hydrogen (secondary N) is 1. The van der Waals surface area contributed by atoms with E-state index in [1.807, 2.05) is 29.9 Å². The van der Waals surface area contributed by atoms with E-state index in [0.717, 1.165) is 11.3 Å². The molecule has 0 saturated carbocycles. The van der Waals surface area contributed by atoms with Gasteiger partial charge in [0, 0.05) is 4.88 Å². The maximum atomic E-state index is 10.1. The van der Waals surface area contributed by atoms with Crippen molar-refractivity contribution in [3.05, 3.63) is 32.5 Å². The molecule has 0 saturated heterocycles. The first kappa shape index (κ1) is 11.4. The smallest absolute Gasteiger partial charge is 0.252 e. The van der Waals surface area contributed by atoms with Gasteiger partial charge in [0.25, 0.3) is 5.96 Å². The van der Waals surface area contributed by atoms with Crippen molar-refractivity contribution < 1.29 is 5.03 Å². The van der Waals surface area contributed by atoms with Gasteiger partial charge in [0.1, 0.15) is 0 Å². The molecule has 3 N–H and O–H groups in total. The van der Waals surface area contributed by atoms with Gasteiger partial charge in [-0.25, -0.2) is 15.1 Å². The molecule has 1 aromatic rings. The molecule has 0 bridgehead atoms. The summed E-state index contributed by atoms with van der Waals surface area (Å²) in [4.78, 5) is 15.2. The summed E-state index contributed by atoms with van der Waals surface area (Å²) < 4.78 is 0. The van der Waals surface area contributed by atoms with Crippen LogP contribution in [0.25, 0.3) is 0 Å². The molecule has 0 radical (unpaired) electrons. The van der Waals surface area contributed by atoms with Crippen molar-refractivity contribution in [2.45, 2.75) is 19.4 Å². The number of hydrogen-bond acceptors (Lipinski definition) is 4. The van der Waals surface area contributed by atoms with Crippen LogP contribution in [-0.4, -0.2) is 11.0 Å². The van der Waals surface area contributed by atoms with E-state index < -0.39 is 5.03 Å². The van der Waals surface area contributed by atoms with Crippen molar-refractivity contribution >= 4 is 17.3 Å². The van der Waals surface area contributed by atoms with Gasteiger partial charge >= 0.3 is 0 Å². The number of hydrogen-bond donors (Lipinski definition) is 2. The average Bonchev–Trinajstić information content (AvgIpc) is 2.65. The predicted octanol–water partition coefficient (Wildman–Crippen LogP) is 1.30. The quantitative estimate of drug-likeness (QED) is 0.351. The van der Waals surface area contributed by atoms with E-state index in [1.54, 1.807) is 11.3 Å². The van der Waals surface area contributed by atoms with Crippen LogP contribution in [0.3, 0.4) is 0 Å². The van der Waals surface area contributed by atoms with Gasteiger partial charge in [-0.15, -0.1) is 11.3 Å².